The third-order valence-corrected chi connectivity index (χ3v) is 4.26. The highest BCUT2D eigenvalue weighted by atomic mass is 35.5. The molecule has 0 unspecified atom stereocenters. The van der Waals surface area contributed by atoms with Gasteiger partial charge in [0.25, 0.3) is 5.91 Å². The molecule has 6 heteroatoms. The Hall–Kier alpha value is -1.07. The predicted octanol–water partition coefficient (Wildman–Crippen LogP) is 4.17. The molecule has 106 valence electrons. The second-order valence-electron chi connectivity index (χ2n) is 4.09. The molecule has 0 aliphatic heterocycles. The first-order valence-corrected chi connectivity index (χ1v) is 7.55. The van der Waals surface area contributed by atoms with Gasteiger partial charge in [-0.15, -0.1) is 11.3 Å². The van der Waals surface area contributed by atoms with E-state index in [2.05, 4.69) is 5.32 Å². The van der Waals surface area contributed by atoms with E-state index >= 15 is 0 Å². The third kappa shape index (κ3) is 3.73. The van der Waals surface area contributed by atoms with Gasteiger partial charge in [0.1, 0.15) is 4.34 Å². The largest absolute Gasteiger partial charge is 0.375 e. The number of nitrogens with one attached hydrogen (secondary N) is 1. The molecule has 1 amide bonds. The minimum absolute atomic E-state index is 0.202. The van der Waals surface area contributed by atoms with Crippen LogP contribution < -0.4 is 5.32 Å². The van der Waals surface area contributed by atoms with Crippen LogP contribution >= 0.6 is 34.5 Å². The van der Waals surface area contributed by atoms with E-state index in [4.69, 9.17) is 27.9 Å². The lowest BCUT2D eigenvalue weighted by Gasteiger charge is -2.16. The first-order chi connectivity index (χ1) is 9.61. The maximum Gasteiger partial charge on any atom is 0.253 e. The van der Waals surface area contributed by atoms with Gasteiger partial charge in [-0.2, -0.15) is 0 Å². The smallest absolute Gasteiger partial charge is 0.253 e. The molecule has 1 aromatic heterocycles. The number of thiophene rings is 1. The molecule has 1 heterocycles. The molecule has 1 atom stereocenters. The van der Waals surface area contributed by atoms with Gasteiger partial charge >= 0.3 is 0 Å². The molecule has 20 heavy (non-hydrogen) atoms. The number of benzene rings is 1. The summed E-state index contributed by atoms with van der Waals surface area (Å²) in [7, 11) is 1.60. The number of rotatable bonds is 5. The van der Waals surface area contributed by atoms with E-state index < -0.39 is 0 Å². The Balaban J connectivity index is 1.99. The molecule has 1 N–H and O–H groups in total. The Bertz CT molecular complexity index is 583. The van der Waals surface area contributed by atoms with Crippen LogP contribution in [0.1, 0.15) is 22.0 Å². The third-order valence-electron chi connectivity index (χ3n) is 2.84. The molecule has 0 aliphatic carbocycles. The molecule has 0 aliphatic rings. The lowest BCUT2D eigenvalue weighted by molar-refractivity contribution is 0.0828. The maximum atomic E-state index is 12.0. The molecule has 0 fully saturated rings. The molecular formula is C14H13Cl2NO2S. The fourth-order valence-corrected chi connectivity index (χ4v) is 2.79. The first kappa shape index (κ1) is 15.3. The summed E-state index contributed by atoms with van der Waals surface area (Å²) < 4.78 is 5.87. The van der Waals surface area contributed by atoms with Crippen molar-refractivity contribution in [3.63, 3.8) is 0 Å². The highest BCUT2D eigenvalue weighted by molar-refractivity contribution is 7.14. The Labute approximate surface area is 131 Å². The van der Waals surface area contributed by atoms with Crippen LogP contribution in [0.2, 0.25) is 9.36 Å². The van der Waals surface area contributed by atoms with Gasteiger partial charge in [-0.3, -0.25) is 4.79 Å². The van der Waals surface area contributed by atoms with E-state index in [1.54, 1.807) is 30.7 Å². The van der Waals surface area contributed by atoms with Crippen molar-refractivity contribution >= 4 is 40.4 Å². The number of amides is 1. The van der Waals surface area contributed by atoms with E-state index in [9.17, 15) is 4.79 Å². The van der Waals surface area contributed by atoms with Gasteiger partial charge in [-0.1, -0.05) is 35.3 Å². The fourth-order valence-electron chi connectivity index (χ4n) is 1.75. The number of hydrogen-bond acceptors (Lipinski definition) is 3. The van der Waals surface area contributed by atoms with Gasteiger partial charge < -0.3 is 10.1 Å². The van der Waals surface area contributed by atoms with Crippen molar-refractivity contribution in [1.82, 2.24) is 5.32 Å². The van der Waals surface area contributed by atoms with Crippen molar-refractivity contribution in [3.05, 3.63) is 56.2 Å². The summed E-state index contributed by atoms with van der Waals surface area (Å²) in [5.41, 5.74) is 1.44. The Kier molecular flexibility index (Phi) is 5.43. The number of hydrogen-bond donors (Lipinski definition) is 1. The molecule has 0 saturated heterocycles. The van der Waals surface area contributed by atoms with Gasteiger partial charge in [0.2, 0.25) is 0 Å². The van der Waals surface area contributed by atoms with Crippen LogP contribution in [0.5, 0.6) is 0 Å². The van der Waals surface area contributed by atoms with Crippen LogP contribution in [0.15, 0.2) is 35.7 Å². The molecule has 0 bridgehead atoms. The summed E-state index contributed by atoms with van der Waals surface area (Å²) in [6.07, 6.45) is -0.228. The molecule has 0 radical (unpaired) electrons. The highest BCUT2D eigenvalue weighted by Gasteiger charge is 2.15. The first-order valence-electron chi connectivity index (χ1n) is 5.91. The zero-order valence-electron chi connectivity index (χ0n) is 10.7. The number of ether oxygens (including phenoxy) is 1. The average molecular weight is 330 g/mol. The molecule has 2 rings (SSSR count). The Morgan fingerprint density at radius 1 is 1.30 bits per heavy atom. The van der Waals surface area contributed by atoms with Gasteiger partial charge in [0.15, 0.2) is 0 Å². The van der Waals surface area contributed by atoms with Crippen molar-refractivity contribution in [2.75, 3.05) is 13.7 Å². The summed E-state index contributed by atoms with van der Waals surface area (Å²) in [4.78, 5) is 12.0. The van der Waals surface area contributed by atoms with Crippen molar-refractivity contribution in [2.24, 2.45) is 0 Å². The number of methoxy groups -OCH3 is 1. The minimum Gasteiger partial charge on any atom is -0.375 e. The molecular weight excluding hydrogens is 317 g/mol. The van der Waals surface area contributed by atoms with Crippen molar-refractivity contribution < 1.29 is 9.53 Å². The van der Waals surface area contributed by atoms with Crippen LogP contribution in [0.25, 0.3) is 0 Å². The molecule has 0 spiro atoms. The average Bonchev–Trinajstić information content (AvgIpc) is 2.87. The van der Waals surface area contributed by atoms with Crippen LogP contribution in [-0.2, 0) is 4.74 Å². The van der Waals surface area contributed by atoms with E-state index in [0.717, 1.165) is 5.56 Å². The van der Waals surface area contributed by atoms with Gasteiger partial charge in [-0.25, -0.2) is 0 Å². The zero-order chi connectivity index (χ0) is 14.5. The molecule has 1 aromatic carbocycles. The summed E-state index contributed by atoms with van der Waals surface area (Å²) in [5, 5.41) is 5.26. The fraction of sp³-hybridized carbons (Fsp3) is 0.214. The molecule has 0 saturated carbocycles. The van der Waals surface area contributed by atoms with Crippen molar-refractivity contribution in [1.29, 1.82) is 0 Å². The summed E-state index contributed by atoms with van der Waals surface area (Å²) in [6, 6.07) is 9.04. The van der Waals surface area contributed by atoms with Crippen LogP contribution in [0.3, 0.4) is 0 Å². The van der Waals surface area contributed by atoms with Crippen molar-refractivity contribution in [3.8, 4) is 0 Å². The molecule has 3 nitrogen and oxygen atoms in total. The van der Waals surface area contributed by atoms with E-state index in [1.165, 1.54) is 11.3 Å². The highest BCUT2D eigenvalue weighted by Crippen LogP contribution is 2.23. The van der Waals surface area contributed by atoms with Gasteiger partial charge in [0, 0.05) is 18.7 Å². The quantitative estimate of drug-likeness (QED) is 0.893. The van der Waals surface area contributed by atoms with E-state index in [0.29, 0.717) is 21.5 Å². The normalized spacial score (nSPS) is 12.2. The number of halogens is 2. The minimum atomic E-state index is -0.228. The second-order valence-corrected chi connectivity index (χ2v) is 6.05. The predicted molar refractivity (Wildman–Crippen MR) is 82.9 cm³/mol. The summed E-state index contributed by atoms with van der Waals surface area (Å²) >= 11 is 13.1. The van der Waals surface area contributed by atoms with Gasteiger partial charge in [0.05, 0.1) is 11.7 Å². The number of carbonyl (C=O) groups is 1. The topological polar surface area (TPSA) is 38.3 Å². The summed E-state index contributed by atoms with van der Waals surface area (Å²) in [5.74, 6) is -0.202. The van der Waals surface area contributed by atoms with Crippen LogP contribution in [0, 0.1) is 0 Å². The SMILES string of the molecule is CO[C@H](CNC(=O)c1ccsc1Cl)c1ccc(Cl)cc1. The van der Waals surface area contributed by atoms with Crippen LogP contribution in [-0.4, -0.2) is 19.6 Å². The van der Waals surface area contributed by atoms with Crippen molar-refractivity contribution in [2.45, 2.75) is 6.10 Å². The van der Waals surface area contributed by atoms with Crippen LogP contribution in [0.4, 0.5) is 0 Å². The Morgan fingerprint density at radius 2 is 2.00 bits per heavy atom. The van der Waals surface area contributed by atoms with E-state index in [-0.39, 0.29) is 12.0 Å². The lowest BCUT2D eigenvalue weighted by atomic mass is 10.1. The zero-order valence-corrected chi connectivity index (χ0v) is 13.1. The monoisotopic (exact) mass is 329 g/mol. The van der Waals surface area contributed by atoms with Gasteiger partial charge in [-0.05, 0) is 29.1 Å². The lowest BCUT2D eigenvalue weighted by Crippen LogP contribution is -2.29. The van der Waals surface area contributed by atoms with E-state index in [1.807, 2.05) is 12.1 Å². The summed E-state index contributed by atoms with van der Waals surface area (Å²) in [6.45, 7) is 0.364. The maximum absolute atomic E-state index is 12.0. The second kappa shape index (κ2) is 7.09. The number of carbonyl (C=O) groups excluding carboxylic acids is 1. The Morgan fingerprint density at radius 3 is 2.55 bits per heavy atom. The molecule has 2 aromatic rings. The standard InChI is InChI=1S/C14H13Cl2NO2S/c1-19-12(9-2-4-10(15)5-3-9)8-17-14(18)11-6-7-20-13(11)16/h2-7,12H,8H2,1H3,(H,17,18)/t12-/m1/s1.